The third-order valence-electron chi connectivity index (χ3n) is 3.50. The minimum absolute atomic E-state index is 0.000101. The van der Waals surface area contributed by atoms with Crippen LogP contribution in [0.25, 0.3) is 0 Å². The van der Waals surface area contributed by atoms with Gasteiger partial charge in [-0.3, -0.25) is 4.79 Å². The molecule has 2 aliphatic heterocycles. The summed E-state index contributed by atoms with van der Waals surface area (Å²) in [4.78, 5) is 12.1. The molecular weight excluding hydrogens is 220 g/mol. The van der Waals surface area contributed by atoms with Gasteiger partial charge in [0.2, 0.25) is 5.91 Å². The molecule has 5 heteroatoms. The molecule has 98 valence electrons. The molecule has 0 bridgehead atoms. The fraction of sp³-hybridized carbons (Fsp3) is 0.917. The van der Waals surface area contributed by atoms with Gasteiger partial charge in [-0.15, -0.1) is 0 Å². The highest BCUT2D eigenvalue weighted by molar-refractivity contribution is 5.85. The topological polar surface area (TPSA) is 59.6 Å². The van der Waals surface area contributed by atoms with Gasteiger partial charge in [-0.1, -0.05) is 0 Å². The van der Waals surface area contributed by atoms with E-state index in [0.717, 1.165) is 25.8 Å². The average Bonchev–Trinajstić information content (AvgIpc) is 2.38. The number of ether oxygens (including phenoxy) is 2. The van der Waals surface area contributed by atoms with E-state index in [9.17, 15) is 4.79 Å². The number of carbonyl (C=O) groups excluding carboxylic acids is 1. The van der Waals surface area contributed by atoms with Gasteiger partial charge in [0, 0.05) is 6.54 Å². The lowest BCUT2D eigenvalue weighted by Crippen LogP contribution is -2.58. The molecule has 2 saturated heterocycles. The molecule has 2 rings (SSSR count). The fourth-order valence-corrected chi connectivity index (χ4v) is 2.31. The predicted molar refractivity (Wildman–Crippen MR) is 63.8 cm³/mol. The van der Waals surface area contributed by atoms with Crippen LogP contribution in [0.5, 0.6) is 0 Å². The molecule has 2 aliphatic rings. The van der Waals surface area contributed by atoms with Crippen molar-refractivity contribution in [3.8, 4) is 0 Å². The number of hydrogen-bond acceptors (Lipinski definition) is 4. The van der Waals surface area contributed by atoms with Crippen molar-refractivity contribution in [3.05, 3.63) is 0 Å². The first kappa shape index (κ1) is 12.8. The molecule has 2 unspecified atom stereocenters. The first-order chi connectivity index (χ1) is 8.21. The Hall–Kier alpha value is -0.650. The van der Waals surface area contributed by atoms with Gasteiger partial charge >= 0.3 is 0 Å². The zero-order valence-corrected chi connectivity index (χ0v) is 10.5. The molecular formula is C12H22N2O3. The van der Waals surface area contributed by atoms with Crippen molar-refractivity contribution in [1.29, 1.82) is 0 Å². The van der Waals surface area contributed by atoms with Crippen LogP contribution in [0.2, 0.25) is 0 Å². The Bertz CT molecular complexity index is 258. The zero-order chi connectivity index (χ0) is 12.1. The quantitative estimate of drug-likeness (QED) is 0.734. The van der Waals surface area contributed by atoms with Crippen molar-refractivity contribution < 1.29 is 14.3 Å². The first-order valence-electron chi connectivity index (χ1n) is 6.43. The monoisotopic (exact) mass is 242 g/mol. The van der Waals surface area contributed by atoms with Crippen molar-refractivity contribution in [1.82, 2.24) is 10.6 Å². The van der Waals surface area contributed by atoms with Gasteiger partial charge in [-0.25, -0.2) is 0 Å². The number of nitrogens with one attached hydrogen (secondary N) is 2. The fourth-order valence-electron chi connectivity index (χ4n) is 2.31. The first-order valence-corrected chi connectivity index (χ1v) is 6.43. The Balaban J connectivity index is 1.75. The molecule has 0 radical (unpaired) electrons. The van der Waals surface area contributed by atoms with Crippen LogP contribution in [0.1, 0.15) is 26.2 Å². The van der Waals surface area contributed by atoms with Crippen LogP contribution in [-0.2, 0) is 14.3 Å². The number of amides is 1. The Morgan fingerprint density at radius 2 is 2.35 bits per heavy atom. The van der Waals surface area contributed by atoms with Crippen molar-refractivity contribution >= 4 is 5.91 Å². The number of hydrogen-bond donors (Lipinski definition) is 2. The van der Waals surface area contributed by atoms with Crippen LogP contribution in [0, 0.1) is 0 Å². The highest BCUT2D eigenvalue weighted by Crippen LogP contribution is 2.18. The van der Waals surface area contributed by atoms with Crippen LogP contribution in [-0.4, -0.2) is 50.5 Å². The van der Waals surface area contributed by atoms with Crippen molar-refractivity contribution in [2.24, 2.45) is 0 Å². The molecule has 2 heterocycles. The van der Waals surface area contributed by atoms with Gasteiger partial charge < -0.3 is 20.1 Å². The third-order valence-corrected chi connectivity index (χ3v) is 3.50. The molecule has 0 aromatic rings. The smallest absolute Gasteiger partial charge is 0.240 e. The van der Waals surface area contributed by atoms with E-state index in [-0.39, 0.29) is 12.0 Å². The standard InChI is InChI=1S/C12H22N2O3/c1-12(4-2-3-5-14-12)11(15)13-8-10-9-16-6-7-17-10/h10,14H,2-9H2,1H3,(H,13,15). The van der Waals surface area contributed by atoms with Gasteiger partial charge in [0.25, 0.3) is 0 Å². The molecule has 0 aliphatic carbocycles. The molecule has 17 heavy (non-hydrogen) atoms. The van der Waals surface area contributed by atoms with Gasteiger partial charge in [0.1, 0.15) is 0 Å². The molecule has 0 aromatic heterocycles. The van der Waals surface area contributed by atoms with Gasteiger partial charge in [0.15, 0.2) is 0 Å². The maximum Gasteiger partial charge on any atom is 0.240 e. The van der Waals surface area contributed by atoms with E-state index < -0.39 is 5.54 Å². The zero-order valence-electron chi connectivity index (χ0n) is 10.5. The van der Waals surface area contributed by atoms with E-state index in [4.69, 9.17) is 9.47 Å². The summed E-state index contributed by atoms with van der Waals surface area (Å²) in [6.07, 6.45) is 3.17. The second kappa shape index (κ2) is 5.80. The summed E-state index contributed by atoms with van der Waals surface area (Å²) in [6.45, 7) is 5.28. The van der Waals surface area contributed by atoms with Crippen molar-refractivity contribution in [3.63, 3.8) is 0 Å². The van der Waals surface area contributed by atoms with Crippen molar-refractivity contribution in [2.75, 3.05) is 32.9 Å². The maximum absolute atomic E-state index is 12.1. The lowest BCUT2D eigenvalue weighted by molar-refractivity contribution is -0.130. The average molecular weight is 242 g/mol. The summed E-state index contributed by atoms with van der Waals surface area (Å²) >= 11 is 0. The second-order valence-corrected chi connectivity index (χ2v) is 4.99. The van der Waals surface area contributed by atoms with E-state index in [1.54, 1.807) is 0 Å². The number of carbonyl (C=O) groups is 1. The van der Waals surface area contributed by atoms with Gasteiger partial charge in [0.05, 0.1) is 31.5 Å². The van der Waals surface area contributed by atoms with E-state index in [1.165, 1.54) is 0 Å². The molecule has 0 saturated carbocycles. The van der Waals surface area contributed by atoms with Gasteiger partial charge in [-0.05, 0) is 32.7 Å². The lowest BCUT2D eigenvalue weighted by Gasteiger charge is -2.34. The molecule has 1 amide bonds. The maximum atomic E-state index is 12.1. The molecule has 2 atom stereocenters. The molecule has 5 nitrogen and oxygen atoms in total. The van der Waals surface area contributed by atoms with E-state index in [2.05, 4.69) is 10.6 Å². The molecule has 2 fully saturated rings. The van der Waals surface area contributed by atoms with E-state index in [0.29, 0.717) is 26.4 Å². The highest BCUT2D eigenvalue weighted by atomic mass is 16.6. The van der Waals surface area contributed by atoms with Crippen LogP contribution in [0.15, 0.2) is 0 Å². The number of rotatable bonds is 3. The van der Waals surface area contributed by atoms with Crippen LogP contribution < -0.4 is 10.6 Å². The SMILES string of the molecule is CC1(C(=O)NCC2COCCO2)CCCCN1. The molecule has 0 spiro atoms. The summed E-state index contributed by atoms with van der Waals surface area (Å²) < 4.78 is 10.8. The van der Waals surface area contributed by atoms with Gasteiger partial charge in [-0.2, -0.15) is 0 Å². The Morgan fingerprint density at radius 3 is 3.00 bits per heavy atom. The summed E-state index contributed by atoms with van der Waals surface area (Å²) in [7, 11) is 0. The second-order valence-electron chi connectivity index (χ2n) is 4.99. The third kappa shape index (κ3) is 3.40. The van der Waals surface area contributed by atoms with E-state index >= 15 is 0 Å². The summed E-state index contributed by atoms with van der Waals surface area (Å²) in [5.74, 6) is 0.0753. The minimum atomic E-state index is -0.409. The largest absolute Gasteiger partial charge is 0.376 e. The van der Waals surface area contributed by atoms with Crippen LogP contribution >= 0.6 is 0 Å². The van der Waals surface area contributed by atoms with Crippen LogP contribution in [0.4, 0.5) is 0 Å². The minimum Gasteiger partial charge on any atom is -0.376 e. The molecule has 2 N–H and O–H groups in total. The summed E-state index contributed by atoms with van der Waals surface area (Å²) in [5, 5.41) is 6.26. The number of piperidine rings is 1. The normalized spacial score (nSPS) is 34.3. The Morgan fingerprint density at radius 1 is 1.47 bits per heavy atom. The highest BCUT2D eigenvalue weighted by Gasteiger charge is 2.34. The summed E-state index contributed by atoms with van der Waals surface area (Å²) in [6, 6.07) is 0. The molecule has 0 aromatic carbocycles. The Kier molecular flexibility index (Phi) is 4.36. The predicted octanol–water partition coefficient (Wildman–Crippen LogP) is 0.0502. The summed E-state index contributed by atoms with van der Waals surface area (Å²) in [5.41, 5.74) is -0.409. The van der Waals surface area contributed by atoms with Crippen LogP contribution in [0.3, 0.4) is 0 Å². The van der Waals surface area contributed by atoms with E-state index in [1.807, 2.05) is 6.92 Å². The lowest BCUT2D eigenvalue weighted by atomic mass is 9.90. The van der Waals surface area contributed by atoms with Crippen molar-refractivity contribution in [2.45, 2.75) is 37.8 Å². The Labute approximate surface area is 102 Å².